The van der Waals surface area contributed by atoms with Crippen molar-refractivity contribution in [3.05, 3.63) is 95.2 Å². The third-order valence-electron chi connectivity index (χ3n) is 6.06. The van der Waals surface area contributed by atoms with E-state index in [0.717, 1.165) is 6.07 Å². The first-order valence-corrected chi connectivity index (χ1v) is 11.7. The Bertz CT molecular complexity index is 1580. The van der Waals surface area contributed by atoms with Crippen molar-refractivity contribution < 1.29 is 38.9 Å². The minimum absolute atomic E-state index is 0.0540. The summed E-state index contributed by atoms with van der Waals surface area (Å²) in [5.74, 6) is -3.18. The number of benzene rings is 3. The number of esters is 2. The van der Waals surface area contributed by atoms with Gasteiger partial charge in [-0.15, -0.1) is 0 Å². The number of hydrogen-bond acceptors (Lipinski definition) is 8. The molecule has 4 aromatic rings. The van der Waals surface area contributed by atoms with Gasteiger partial charge in [-0.3, -0.25) is 4.79 Å². The summed E-state index contributed by atoms with van der Waals surface area (Å²) in [6.07, 6.45) is 0.0755. The van der Waals surface area contributed by atoms with E-state index in [1.54, 1.807) is 54.6 Å². The molecule has 1 atom stereocenters. The van der Waals surface area contributed by atoms with Gasteiger partial charge in [0, 0.05) is 11.8 Å². The number of ether oxygens (including phenoxy) is 2. The van der Waals surface area contributed by atoms with Crippen LogP contribution in [0, 0.1) is 0 Å². The number of rotatable bonds is 8. The zero-order chi connectivity index (χ0) is 28.1. The highest BCUT2D eigenvalue weighted by Gasteiger charge is 2.25. The number of phenolic OH excluding ortho intramolecular Hbond substituents is 1. The first-order valence-electron chi connectivity index (χ1n) is 11.7. The fraction of sp³-hybridized carbons (Fsp3) is 0.138. The van der Waals surface area contributed by atoms with E-state index in [4.69, 9.17) is 9.47 Å². The Balaban J connectivity index is 1.68. The highest BCUT2D eigenvalue weighted by atomic mass is 16.5. The summed E-state index contributed by atoms with van der Waals surface area (Å²) < 4.78 is 9.58. The Kier molecular flexibility index (Phi) is 7.85. The van der Waals surface area contributed by atoms with Gasteiger partial charge in [-0.25, -0.2) is 19.4 Å². The van der Waals surface area contributed by atoms with E-state index in [9.17, 15) is 29.4 Å². The van der Waals surface area contributed by atoms with Crippen LogP contribution in [-0.4, -0.2) is 59.3 Å². The maximum atomic E-state index is 13.1. The minimum atomic E-state index is -1.27. The van der Waals surface area contributed by atoms with Crippen molar-refractivity contribution in [1.82, 2.24) is 10.3 Å². The second-order valence-corrected chi connectivity index (χ2v) is 8.58. The van der Waals surface area contributed by atoms with Gasteiger partial charge in [0.05, 0.1) is 30.9 Å². The summed E-state index contributed by atoms with van der Waals surface area (Å²) >= 11 is 0. The second-order valence-electron chi connectivity index (χ2n) is 8.58. The molecule has 0 saturated heterocycles. The lowest BCUT2D eigenvalue weighted by molar-refractivity contribution is -0.142. The molecule has 3 aromatic carbocycles. The smallest absolute Gasteiger partial charge is 0.337 e. The number of methoxy groups -OCH3 is 2. The predicted molar refractivity (Wildman–Crippen MR) is 141 cm³/mol. The van der Waals surface area contributed by atoms with Crippen molar-refractivity contribution in [2.75, 3.05) is 14.2 Å². The van der Waals surface area contributed by atoms with Gasteiger partial charge in [0.15, 0.2) is 0 Å². The number of hydrogen-bond donors (Lipinski definition) is 3. The molecule has 3 N–H and O–H groups in total. The Morgan fingerprint density at radius 3 is 2.28 bits per heavy atom. The van der Waals surface area contributed by atoms with Gasteiger partial charge in [0.1, 0.15) is 17.5 Å². The number of nitrogens with zero attached hydrogens (tertiary/aromatic N) is 1. The van der Waals surface area contributed by atoms with Crippen molar-refractivity contribution in [3.63, 3.8) is 0 Å². The summed E-state index contributed by atoms with van der Waals surface area (Å²) in [5, 5.41) is 22.2. The Labute approximate surface area is 222 Å². The van der Waals surface area contributed by atoms with E-state index in [0.29, 0.717) is 22.3 Å². The highest BCUT2D eigenvalue weighted by Crippen LogP contribution is 2.27. The molecule has 10 heteroatoms. The number of aromatic nitrogens is 1. The van der Waals surface area contributed by atoms with Gasteiger partial charge < -0.3 is 25.0 Å². The van der Waals surface area contributed by atoms with Crippen LogP contribution in [0.4, 0.5) is 0 Å². The average Bonchev–Trinajstić information content (AvgIpc) is 2.96. The maximum absolute atomic E-state index is 13.1. The standard InChI is InChI=1S/C29H24N2O8/c1-38-28(36)19-5-3-4-17(13-19)18-8-11-23-21(14-18)22(27(34)35)15-24(30-23)26(33)31-25(29(37)39-2)12-16-6-9-20(32)10-7-16/h3-11,13-15,25,32H,12H2,1-2H3,(H,31,33)(H,34,35). The Morgan fingerprint density at radius 2 is 1.62 bits per heavy atom. The Hall–Kier alpha value is -5.25. The molecule has 0 fully saturated rings. The molecule has 39 heavy (non-hydrogen) atoms. The fourth-order valence-electron chi connectivity index (χ4n) is 4.08. The number of fused-ring (bicyclic) bond motifs is 1. The van der Waals surface area contributed by atoms with Crippen LogP contribution in [-0.2, 0) is 20.7 Å². The van der Waals surface area contributed by atoms with Crippen molar-refractivity contribution in [2.45, 2.75) is 12.5 Å². The number of carboxylic acid groups (broad SMARTS) is 1. The van der Waals surface area contributed by atoms with Crippen molar-refractivity contribution >= 4 is 34.7 Å². The summed E-state index contributed by atoms with van der Waals surface area (Å²) in [6.45, 7) is 0. The lowest BCUT2D eigenvalue weighted by Gasteiger charge is -2.17. The molecule has 0 spiro atoms. The predicted octanol–water partition coefficient (Wildman–Crippen LogP) is 3.61. The third kappa shape index (κ3) is 6.02. The summed E-state index contributed by atoms with van der Waals surface area (Å²) in [5.41, 5.74) is 2.18. The number of pyridine rings is 1. The van der Waals surface area contributed by atoms with Gasteiger partial charge in [-0.1, -0.05) is 30.3 Å². The SMILES string of the molecule is COC(=O)c1cccc(-c2ccc3nc(C(=O)NC(Cc4ccc(O)cc4)C(=O)OC)cc(C(=O)O)c3c2)c1. The molecule has 0 saturated carbocycles. The number of carboxylic acids is 1. The first kappa shape index (κ1) is 26.8. The summed E-state index contributed by atoms with van der Waals surface area (Å²) in [6, 6.07) is 17.8. The van der Waals surface area contributed by atoms with Crippen molar-refractivity contribution in [3.8, 4) is 16.9 Å². The van der Waals surface area contributed by atoms with E-state index in [1.807, 2.05) is 0 Å². The fourth-order valence-corrected chi connectivity index (χ4v) is 4.08. The number of aromatic carboxylic acids is 1. The summed E-state index contributed by atoms with van der Waals surface area (Å²) in [4.78, 5) is 53.9. The molecular formula is C29H24N2O8. The number of amides is 1. The molecule has 4 rings (SSSR count). The number of aromatic hydroxyl groups is 1. The van der Waals surface area contributed by atoms with Crippen LogP contribution in [0.15, 0.2) is 72.8 Å². The van der Waals surface area contributed by atoms with Crippen LogP contribution in [0.2, 0.25) is 0 Å². The monoisotopic (exact) mass is 528 g/mol. The molecular weight excluding hydrogens is 504 g/mol. The van der Waals surface area contributed by atoms with E-state index >= 15 is 0 Å². The minimum Gasteiger partial charge on any atom is -0.508 e. The van der Waals surface area contributed by atoms with E-state index in [1.165, 1.54) is 26.4 Å². The highest BCUT2D eigenvalue weighted by molar-refractivity contribution is 6.07. The second kappa shape index (κ2) is 11.4. The molecule has 1 unspecified atom stereocenters. The Morgan fingerprint density at radius 1 is 0.897 bits per heavy atom. The first-order chi connectivity index (χ1) is 18.7. The van der Waals surface area contributed by atoms with Crippen LogP contribution in [0.25, 0.3) is 22.0 Å². The van der Waals surface area contributed by atoms with Crippen LogP contribution in [0.3, 0.4) is 0 Å². The van der Waals surface area contributed by atoms with Crippen molar-refractivity contribution in [1.29, 1.82) is 0 Å². The lowest BCUT2D eigenvalue weighted by Crippen LogP contribution is -2.43. The quantitative estimate of drug-likeness (QED) is 0.291. The number of nitrogens with one attached hydrogen (secondary N) is 1. The molecule has 0 bridgehead atoms. The van der Waals surface area contributed by atoms with Crippen LogP contribution >= 0.6 is 0 Å². The molecule has 0 radical (unpaired) electrons. The normalized spacial score (nSPS) is 11.4. The zero-order valence-electron chi connectivity index (χ0n) is 21.0. The third-order valence-corrected chi connectivity index (χ3v) is 6.06. The van der Waals surface area contributed by atoms with Gasteiger partial charge in [0.2, 0.25) is 0 Å². The van der Waals surface area contributed by atoms with Gasteiger partial charge in [-0.05, 0) is 59.2 Å². The zero-order valence-corrected chi connectivity index (χ0v) is 21.0. The molecule has 1 aromatic heterocycles. The molecule has 198 valence electrons. The number of carbonyl (C=O) groups excluding carboxylic acids is 3. The van der Waals surface area contributed by atoms with Crippen molar-refractivity contribution in [2.24, 2.45) is 0 Å². The molecule has 1 heterocycles. The van der Waals surface area contributed by atoms with Crippen LogP contribution in [0.1, 0.15) is 36.8 Å². The van der Waals surface area contributed by atoms with Gasteiger partial charge in [0.25, 0.3) is 5.91 Å². The van der Waals surface area contributed by atoms with Gasteiger partial charge in [-0.2, -0.15) is 0 Å². The van der Waals surface area contributed by atoms with Crippen LogP contribution < -0.4 is 5.32 Å². The number of carbonyl (C=O) groups is 4. The molecule has 10 nitrogen and oxygen atoms in total. The molecule has 0 aliphatic carbocycles. The van der Waals surface area contributed by atoms with E-state index < -0.39 is 29.9 Å². The summed E-state index contributed by atoms with van der Waals surface area (Å²) in [7, 11) is 2.47. The molecule has 0 aliphatic heterocycles. The topological polar surface area (TPSA) is 152 Å². The molecule has 1 amide bonds. The van der Waals surface area contributed by atoms with Crippen LogP contribution in [0.5, 0.6) is 5.75 Å². The van der Waals surface area contributed by atoms with E-state index in [-0.39, 0.29) is 34.3 Å². The maximum Gasteiger partial charge on any atom is 0.337 e. The average molecular weight is 529 g/mol. The van der Waals surface area contributed by atoms with E-state index in [2.05, 4.69) is 10.3 Å². The lowest BCUT2D eigenvalue weighted by atomic mass is 9.98. The largest absolute Gasteiger partial charge is 0.508 e. The molecule has 0 aliphatic rings. The number of phenols is 1. The van der Waals surface area contributed by atoms with Gasteiger partial charge >= 0.3 is 17.9 Å².